The van der Waals surface area contributed by atoms with Crippen LogP contribution in [-0.2, 0) is 13.2 Å². The molecular weight excluding hydrogens is 413 g/mol. The summed E-state index contributed by atoms with van der Waals surface area (Å²) in [7, 11) is 0. The summed E-state index contributed by atoms with van der Waals surface area (Å²) >= 11 is 1.35. The van der Waals surface area contributed by atoms with Gasteiger partial charge in [0.05, 0.1) is 11.4 Å². The zero-order chi connectivity index (χ0) is 21.8. The third kappa shape index (κ3) is 5.19. The predicted molar refractivity (Wildman–Crippen MR) is 120 cm³/mol. The quantitative estimate of drug-likeness (QED) is 0.412. The van der Waals surface area contributed by atoms with Gasteiger partial charge in [0.15, 0.2) is 5.82 Å². The maximum absolute atomic E-state index is 13.8. The first-order valence-corrected chi connectivity index (χ1v) is 10.7. The summed E-state index contributed by atoms with van der Waals surface area (Å²) in [6, 6.07) is 16.0. The topological polar surface area (TPSA) is 56.1 Å². The molecule has 4 rings (SSSR count). The highest BCUT2D eigenvalue weighted by molar-refractivity contribution is 7.12. The van der Waals surface area contributed by atoms with Crippen molar-refractivity contribution in [2.24, 2.45) is 0 Å². The number of nitrogens with one attached hydrogen (secondary N) is 1. The fourth-order valence-electron chi connectivity index (χ4n) is 3.04. The second-order valence-electron chi connectivity index (χ2n) is 7.30. The molecule has 0 radical (unpaired) electrons. The molecule has 31 heavy (non-hydrogen) atoms. The van der Waals surface area contributed by atoms with Crippen molar-refractivity contribution in [2.75, 3.05) is 5.32 Å². The number of hydrogen-bond acceptors (Lipinski definition) is 4. The molecule has 0 bridgehead atoms. The van der Waals surface area contributed by atoms with E-state index in [4.69, 9.17) is 4.74 Å². The lowest BCUT2D eigenvalue weighted by Crippen LogP contribution is -2.11. The van der Waals surface area contributed by atoms with Crippen molar-refractivity contribution in [3.63, 3.8) is 0 Å². The monoisotopic (exact) mass is 435 g/mol. The number of aryl methyl sites for hydroxylation is 2. The Morgan fingerprint density at radius 2 is 1.97 bits per heavy atom. The van der Waals surface area contributed by atoms with Gasteiger partial charge in [-0.1, -0.05) is 24.3 Å². The minimum absolute atomic E-state index is 0.237. The van der Waals surface area contributed by atoms with E-state index in [1.54, 1.807) is 35.1 Å². The zero-order valence-corrected chi connectivity index (χ0v) is 18.1. The van der Waals surface area contributed by atoms with Crippen molar-refractivity contribution >= 4 is 23.1 Å². The van der Waals surface area contributed by atoms with Crippen LogP contribution in [-0.4, -0.2) is 15.7 Å². The van der Waals surface area contributed by atoms with Crippen LogP contribution in [0.25, 0.3) is 0 Å². The summed E-state index contributed by atoms with van der Waals surface area (Å²) in [5, 5.41) is 9.00. The third-order valence-corrected chi connectivity index (χ3v) is 5.91. The van der Waals surface area contributed by atoms with Crippen molar-refractivity contribution in [1.82, 2.24) is 9.78 Å². The Kier molecular flexibility index (Phi) is 6.13. The largest absolute Gasteiger partial charge is 0.489 e. The van der Waals surface area contributed by atoms with E-state index in [0.717, 1.165) is 11.3 Å². The number of carbonyl (C=O) groups is 1. The summed E-state index contributed by atoms with van der Waals surface area (Å²) < 4.78 is 21.2. The number of amides is 1. The standard InChI is InChI=1S/C24H22FN3O2S/c1-16-7-8-20(11-17(16)2)30-14-18-12-22(31-15-18)24(29)26-23-9-10-28(27-23)13-19-5-3-4-6-21(19)25/h3-12,15H,13-14H2,1-2H3,(H,26,27,29). The highest BCUT2D eigenvalue weighted by Gasteiger charge is 2.12. The number of halogens is 1. The summed E-state index contributed by atoms with van der Waals surface area (Å²) in [5.41, 5.74) is 3.86. The summed E-state index contributed by atoms with van der Waals surface area (Å²) in [6.07, 6.45) is 1.71. The van der Waals surface area contributed by atoms with Gasteiger partial charge in [0.1, 0.15) is 18.2 Å². The predicted octanol–water partition coefficient (Wildman–Crippen LogP) is 5.58. The SMILES string of the molecule is Cc1ccc(OCc2csc(C(=O)Nc3ccn(Cc4ccccc4F)n3)c2)cc1C. The highest BCUT2D eigenvalue weighted by atomic mass is 32.1. The molecule has 2 heterocycles. The van der Waals surface area contributed by atoms with E-state index in [9.17, 15) is 9.18 Å². The molecule has 0 saturated carbocycles. The Balaban J connectivity index is 1.34. The fourth-order valence-corrected chi connectivity index (χ4v) is 3.83. The Morgan fingerprint density at radius 3 is 2.77 bits per heavy atom. The second kappa shape index (κ2) is 9.14. The maximum atomic E-state index is 13.8. The number of hydrogen-bond donors (Lipinski definition) is 1. The number of rotatable bonds is 7. The fraction of sp³-hybridized carbons (Fsp3) is 0.167. The molecule has 0 saturated heterocycles. The van der Waals surface area contributed by atoms with E-state index in [1.807, 2.05) is 36.6 Å². The van der Waals surface area contributed by atoms with E-state index in [1.165, 1.54) is 28.5 Å². The molecule has 0 aliphatic rings. The number of anilines is 1. The van der Waals surface area contributed by atoms with Gasteiger partial charge >= 0.3 is 0 Å². The second-order valence-corrected chi connectivity index (χ2v) is 8.21. The number of carbonyl (C=O) groups excluding carboxylic acids is 1. The molecule has 4 aromatic rings. The summed E-state index contributed by atoms with van der Waals surface area (Å²) in [5.74, 6) is 0.708. The van der Waals surface area contributed by atoms with Crippen LogP contribution >= 0.6 is 11.3 Å². The van der Waals surface area contributed by atoms with E-state index < -0.39 is 0 Å². The molecule has 0 fully saturated rings. The van der Waals surface area contributed by atoms with Crippen molar-refractivity contribution in [1.29, 1.82) is 0 Å². The van der Waals surface area contributed by atoms with E-state index >= 15 is 0 Å². The lowest BCUT2D eigenvalue weighted by atomic mass is 10.1. The average Bonchev–Trinajstić information content (AvgIpc) is 3.40. The number of thiophene rings is 1. The Bertz CT molecular complexity index is 1220. The van der Waals surface area contributed by atoms with Gasteiger partial charge in [-0.3, -0.25) is 9.48 Å². The van der Waals surface area contributed by atoms with Gasteiger partial charge in [0.2, 0.25) is 0 Å². The molecule has 158 valence electrons. The Labute approximate surface area is 184 Å². The lowest BCUT2D eigenvalue weighted by molar-refractivity contribution is 0.103. The molecule has 2 aromatic carbocycles. The maximum Gasteiger partial charge on any atom is 0.266 e. The first-order chi connectivity index (χ1) is 15.0. The van der Waals surface area contributed by atoms with Gasteiger partial charge in [-0.25, -0.2) is 4.39 Å². The first-order valence-electron chi connectivity index (χ1n) is 9.83. The molecule has 1 N–H and O–H groups in total. The van der Waals surface area contributed by atoms with Crippen LogP contribution in [0.1, 0.15) is 31.9 Å². The first kappa shape index (κ1) is 20.8. The van der Waals surface area contributed by atoms with Gasteiger partial charge in [-0.15, -0.1) is 11.3 Å². The van der Waals surface area contributed by atoms with Crippen molar-refractivity contribution < 1.29 is 13.9 Å². The molecule has 0 aliphatic carbocycles. The van der Waals surface area contributed by atoms with Crippen molar-refractivity contribution in [2.45, 2.75) is 27.0 Å². The number of benzene rings is 2. The van der Waals surface area contributed by atoms with E-state index in [-0.39, 0.29) is 11.7 Å². The molecule has 5 nitrogen and oxygen atoms in total. The van der Waals surface area contributed by atoms with Gasteiger partial charge in [0, 0.05) is 23.4 Å². The zero-order valence-electron chi connectivity index (χ0n) is 17.3. The molecule has 0 spiro atoms. The van der Waals surface area contributed by atoms with Gasteiger partial charge in [0.25, 0.3) is 5.91 Å². The summed E-state index contributed by atoms with van der Waals surface area (Å²) in [6.45, 7) is 4.80. The van der Waals surface area contributed by atoms with Gasteiger partial charge in [-0.2, -0.15) is 5.10 Å². The molecule has 0 aliphatic heterocycles. The van der Waals surface area contributed by atoms with Crippen LogP contribution in [0.4, 0.5) is 10.2 Å². The van der Waals surface area contributed by atoms with Crippen LogP contribution in [0, 0.1) is 19.7 Å². The smallest absolute Gasteiger partial charge is 0.266 e. The molecule has 0 atom stereocenters. The minimum Gasteiger partial charge on any atom is -0.489 e. The van der Waals surface area contributed by atoms with Crippen LogP contribution in [0.15, 0.2) is 66.2 Å². The third-order valence-electron chi connectivity index (χ3n) is 4.93. The van der Waals surface area contributed by atoms with Crippen molar-refractivity contribution in [3.05, 3.63) is 99.1 Å². The molecule has 7 heteroatoms. The Hall–Kier alpha value is -3.45. The molecular formula is C24H22FN3O2S. The normalized spacial score (nSPS) is 10.8. The molecule has 0 unspecified atom stereocenters. The van der Waals surface area contributed by atoms with Crippen LogP contribution in [0.2, 0.25) is 0 Å². The number of ether oxygens (including phenoxy) is 1. The molecule has 2 aromatic heterocycles. The van der Waals surface area contributed by atoms with Crippen LogP contribution in [0.3, 0.4) is 0 Å². The van der Waals surface area contributed by atoms with E-state index in [2.05, 4.69) is 17.3 Å². The lowest BCUT2D eigenvalue weighted by Gasteiger charge is -2.07. The van der Waals surface area contributed by atoms with Crippen LogP contribution < -0.4 is 10.1 Å². The minimum atomic E-state index is -0.280. The average molecular weight is 436 g/mol. The van der Waals surface area contributed by atoms with Crippen LogP contribution in [0.5, 0.6) is 5.75 Å². The Morgan fingerprint density at radius 1 is 1.13 bits per heavy atom. The highest BCUT2D eigenvalue weighted by Crippen LogP contribution is 2.21. The molecule has 1 amide bonds. The van der Waals surface area contributed by atoms with E-state index in [0.29, 0.717) is 29.4 Å². The number of aromatic nitrogens is 2. The summed E-state index contributed by atoms with van der Waals surface area (Å²) in [4.78, 5) is 13.1. The number of nitrogens with zero attached hydrogens (tertiary/aromatic N) is 2. The van der Waals surface area contributed by atoms with Gasteiger partial charge in [-0.05, 0) is 54.6 Å². The van der Waals surface area contributed by atoms with Crippen molar-refractivity contribution in [3.8, 4) is 5.75 Å². The van der Waals surface area contributed by atoms with Gasteiger partial charge < -0.3 is 10.1 Å².